The van der Waals surface area contributed by atoms with E-state index in [1.165, 1.54) is 6.42 Å². The number of Topliss-reactive ketones (excluding diaryl/α,β-unsaturated/α-hetero) is 1. The van der Waals surface area contributed by atoms with Crippen molar-refractivity contribution in [3.8, 4) is 0 Å². The van der Waals surface area contributed by atoms with E-state index in [4.69, 9.17) is 5.21 Å². The van der Waals surface area contributed by atoms with Crippen LogP contribution in [0.25, 0.3) is 0 Å². The Morgan fingerprint density at radius 1 is 1.55 bits per heavy atom. The van der Waals surface area contributed by atoms with E-state index in [0.29, 0.717) is 29.7 Å². The summed E-state index contributed by atoms with van der Waals surface area (Å²) in [6, 6.07) is 0.743. The van der Waals surface area contributed by atoms with Gasteiger partial charge in [-0.15, -0.1) is 0 Å². The van der Waals surface area contributed by atoms with Crippen LogP contribution in [0.4, 0.5) is 0 Å². The van der Waals surface area contributed by atoms with Crippen molar-refractivity contribution in [2.75, 3.05) is 0 Å². The topological polar surface area (TPSA) is 43.2 Å². The Labute approximate surface area is 64.9 Å². The molecule has 3 heteroatoms. The summed E-state index contributed by atoms with van der Waals surface area (Å²) in [5.41, 5.74) is 0.304. The molecule has 2 saturated carbocycles. The van der Waals surface area contributed by atoms with Gasteiger partial charge in [0.05, 0.1) is 12.1 Å². The van der Waals surface area contributed by atoms with Gasteiger partial charge in [0.2, 0.25) is 0 Å². The number of hydrogen-bond donors (Lipinski definition) is 0. The molecule has 0 radical (unpaired) electrons. The molecule has 2 N–H and O–H groups in total. The van der Waals surface area contributed by atoms with Gasteiger partial charge in [0, 0.05) is 18.3 Å². The van der Waals surface area contributed by atoms with E-state index in [2.05, 4.69) is 0 Å². The van der Waals surface area contributed by atoms with Crippen molar-refractivity contribution in [1.29, 1.82) is 0 Å². The lowest BCUT2D eigenvalue weighted by molar-refractivity contribution is -0.329. The SMILES string of the molecule is O=C1CC2N([OH2+])C3CCC32C1. The maximum absolute atomic E-state index is 11.1. The van der Waals surface area contributed by atoms with Gasteiger partial charge in [0.15, 0.2) is 0 Å². The lowest BCUT2D eigenvalue weighted by Crippen LogP contribution is -2.73. The number of carbonyl (C=O) groups is 1. The molecule has 0 bridgehead atoms. The molecule has 3 aliphatic rings. The second-order valence-electron chi connectivity index (χ2n) is 4.13. The van der Waals surface area contributed by atoms with Crippen LogP contribution in [0, 0.1) is 5.41 Å². The summed E-state index contributed by atoms with van der Waals surface area (Å²) >= 11 is 0. The molecule has 11 heavy (non-hydrogen) atoms. The minimum atomic E-state index is 0.300. The van der Waals surface area contributed by atoms with Crippen molar-refractivity contribution in [2.45, 2.75) is 37.8 Å². The first kappa shape index (κ1) is 6.14. The zero-order valence-corrected chi connectivity index (χ0v) is 6.34. The molecule has 1 aliphatic heterocycles. The molecule has 0 amide bonds. The second kappa shape index (κ2) is 1.52. The summed E-state index contributed by atoms with van der Waals surface area (Å²) in [7, 11) is 0. The summed E-state index contributed by atoms with van der Waals surface area (Å²) in [4.78, 5) is 11.1. The maximum Gasteiger partial charge on any atom is 0.135 e. The van der Waals surface area contributed by atoms with Gasteiger partial charge in [-0.2, -0.15) is 0 Å². The van der Waals surface area contributed by atoms with E-state index in [-0.39, 0.29) is 0 Å². The Kier molecular flexibility index (Phi) is 0.848. The van der Waals surface area contributed by atoms with Gasteiger partial charge < -0.3 is 5.21 Å². The van der Waals surface area contributed by atoms with Gasteiger partial charge >= 0.3 is 0 Å². The number of ketones is 1. The second-order valence-corrected chi connectivity index (χ2v) is 4.13. The highest BCUT2D eigenvalue weighted by Gasteiger charge is 2.72. The summed E-state index contributed by atoms with van der Waals surface area (Å²) in [5, 5.41) is 9.26. The molecular weight excluding hydrogens is 142 g/mol. The van der Waals surface area contributed by atoms with Crippen LogP contribution in [0.15, 0.2) is 0 Å². The van der Waals surface area contributed by atoms with Gasteiger partial charge in [-0.1, -0.05) is 5.06 Å². The molecule has 3 rings (SSSR count). The first-order chi connectivity index (χ1) is 5.24. The highest BCUT2D eigenvalue weighted by atomic mass is 16.5. The maximum atomic E-state index is 11.1. The first-order valence-electron chi connectivity index (χ1n) is 4.25. The van der Waals surface area contributed by atoms with Crippen LogP contribution in [-0.2, 0) is 4.79 Å². The van der Waals surface area contributed by atoms with Crippen LogP contribution in [0.5, 0.6) is 0 Å². The third kappa shape index (κ3) is 0.462. The van der Waals surface area contributed by atoms with E-state index in [9.17, 15) is 4.79 Å². The van der Waals surface area contributed by atoms with E-state index in [1.54, 1.807) is 5.06 Å². The quantitative estimate of drug-likeness (QED) is 0.454. The molecule has 60 valence electrons. The van der Waals surface area contributed by atoms with E-state index >= 15 is 0 Å². The van der Waals surface area contributed by atoms with Gasteiger partial charge in [0.1, 0.15) is 5.78 Å². The number of hydrogen-bond acceptors (Lipinski definition) is 2. The number of piperidine rings is 1. The summed E-state index contributed by atoms with van der Waals surface area (Å²) < 4.78 is 0. The van der Waals surface area contributed by atoms with Crippen LogP contribution < -0.4 is 0 Å². The number of hydroxylamine groups is 2. The minimum absolute atomic E-state index is 0.300. The smallest absolute Gasteiger partial charge is 0.135 e. The number of carbonyl (C=O) groups excluding carboxylic acids is 1. The van der Waals surface area contributed by atoms with Crippen LogP contribution in [0.3, 0.4) is 0 Å². The van der Waals surface area contributed by atoms with E-state index < -0.39 is 0 Å². The molecule has 1 spiro atoms. The zero-order chi connectivity index (χ0) is 7.64. The summed E-state index contributed by atoms with van der Waals surface area (Å²) in [6.07, 6.45) is 3.77. The molecule has 3 fully saturated rings. The Morgan fingerprint density at radius 2 is 2.36 bits per heavy atom. The standard InChI is InChI=1S/C8H11NO2/c10-5-3-7-8(4-5)2-1-6(8)9(7)11/h6-7,11H,1-4H2/p+1. The lowest BCUT2D eigenvalue weighted by atomic mass is 9.54. The van der Waals surface area contributed by atoms with Crippen LogP contribution in [0.2, 0.25) is 0 Å². The predicted octanol–water partition coefficient (Wildman–Crippen LogP) is -0.178. The Hall–Kier alpha value is -0.410. The zero-order valence-electron chi connectivity index (χ0n) is 6.34. The lowest BCUT2D eigenvalue weighted by Gasteiger charge is -2.61. The van der Waals surface area contributed by atoms with E-state index in [0.717, 1.165) is 12.8 Å². The molecule has 0 aromatic rings. The van der Waals surface area contributed by atoms with Gasteiger partial charge in [0.25, 0.3) is 0 Å². The number of nitrogens with zero attached hydrogens (tertiary/aromatic N) is 1. The summed E-state index contributed by atoms with van der Waals surface area (Å²) in [5.74, 6) is 0.384. The molecule has 1 heterocycles. The average Bonchev–Trinajstić information content (AvgIpc) is 2.25. The monoisotopic (exact) mass is 154 g/mol. The predicted molar refractivity (Wildman–Crippen MR) is 38.9 cm³/mol. The fourth-order valence-electron chi connectivity index (χ4n) is 3.14. The molecule has 0 aromatic heterocycles. The highest BCUT2D eigenvalue weighted by molar-refractivity contribution is 5.84. The van der Waals surface area contributed by atoms with Crippen molar-refractivity contribution < 1.29 is 10.0 Å². The third-order valence-corrected chi connectivity index (χ3v) is 3.83. The first-order valence-corrected chi connectivity index (χ1v) is 4.25. The van der Waals surface area contributed by atoms with Crippen molar-refractivity contribution in [3.63, 3.8) is 0 Å². The molecular formula is C8H12NO2+. The molecule has 1 saturated heterocycles. The molecule has 3 nitrogen and oxygen atoms in total. The highest BCUT2D eigenvalue weighted by Crippen LogP contribution is 2.63. The Balaban J connectivity index is 1.96. The van der Waals surface area contributed by atoms with Crippen molar-refractivity contribution in [2.24, 2.45) is 5.41 Å². The fraction of sp³-hybridized carbons (Fsp3) is 0.875. The molecule has 3 unspecified atom stereocenters. The van der Waals surface area contributed by atoms with Crippen LogP contribution in [-0.4, -0.2) is 28.1 Å². The Bertz CT molecular complexity index is 240. The fourth-order valence-corrected chi connectivity index (χ4v) is 3.14. The van der Waals surface area contributed by atoms with Crippen molar-refractivity contribution in [3.05, 3.63) is 0 Å². The van der Waals surface area contributed by atoms with Crippen molar-refractivity contribution >= 4 is 5.78 Å². The summed E-state index contributed by atoms with van der Waals surface area (Å²) in [6.45, 7) is 0. The average molecular weight is 154 g/mol. The third-order valence-electron chi connectivity index (χ3n) is 3.83. The molecule has 2 aliphatic carbocycles. The minimum Gasteiger partial charge on any atom is -0.338 e. The van der Waals surface area contributed by atoms with Crippen LogP contribution in [0.1, 0.15) is 25.7 Å². The Morgan fingerprint density at radius 3 is 2.91 bits per heavy atom. The van der Waals surface area contributed by atoms with E-state index in [1.807, 2.05) is 0 Å². The molecule has 0 aromatic carbocycles. The van der Waals surface area contributed by atoms with Gasteiger partial charge in [-0.3, -0.25) is 4.79 Å². The van der Waals surface area contributed by atoms with Crippen LogP contribution >= 0.6 is 0 Å². The normalized spacial score (nSPS) is 54.5. The van der Waals surface area contributed by atoms with Crippen molar-refractivity contribution in [1.82, 2.24) is 5.06 Å². The largest absolute Gasteiger partial charge is 0.338 e. The number of rotatable bonds is 0. The molecule has 3 atom stereocenters. The van der Waals surface area contributed by atoms with Gasteiger partial charge in [-0.25, -0.2) is 0 Å². The van der Waals surface area contributed by atoms with Gasteiger partial charge in [-0.05, 0) is 12.8 Å².